The lowest BCUT2D eigenvalue weighted by atomic mass is 10.0. The Labute approximate surface area is 136 Å². The molecule has 0 aromatic heterocycles. The van der Waals surface area contributed by atoms with Crippen LogP contribution in [0.1, 0.15) is 36.0 Å². The Kier molecular flexibility index (Phi) is 4.53. The van der Waals surface area contributed by atoms with Gasteiger partial charge in [-0.1, -0.05) is 30.3 Å². The minimum absolute atomic E-state index is 0.0364. The largest absolute Gasteiger partial charge is 0.339 e. The zero-order chi connectivity index (χ0) is 16.4. The molecule has 0 N–H and O–H groups in total. The fraction of sp³-hybridized carbons (Fsp3) is 0.529. The Hall–Kier alpha value is -1.69. The summed E-state index contributed by atoms with van der Waals surface area (Å²) in [5.74, 6) is -0.414. The topological polar surface area (TPSA) is 71.5 Å². The highest BCUT2D eigenvalue weighted by molar-refractivity contribution is 7.91. The van der Waals surface area contributed by atoms with Gasteiger partial charge in [-0.3, -0.25) is 9.59 Å². The first-order valence-corrected chi connectivity index (χ1v) is 9.87. The maximum atomic E-state index is 12.6. The smallest absolute Gasteiger partial charge is 0.227 e. The number of benzene rings is 1. The first-order valence-electron chi connectivity index (χ1n) is 8.05. The van der Waals surface area contributed by atoms with Crippen LogP contribution >= 0.6 is 0 Å². The van der Waals surface area contributed by atoms with Gasteiger partial charge in [-0.2, -0.15) is 0 Å². The van der Waals surface area contributed by atoms with Gasteiger partial charge in [-0.25, -0.2) is 8.42 Å². The van der Waals surface area contributed by atoms with E-state index < -0.39 is 15.8 Å². The minimum atomic E-state index is -3.07. The molecule has 124 valence electrons. The van der Waals surface area contributed by atoms with Crippen LogP contribution in [0.5, 0.6) is 0 Å². The molecule has 3 rings (SSSR count). The third kappa shape index (κ3) is 3.63. The van der Waals surface area contributed by atoms with Crippen molar-refractivity contribution in [2.24, 2.45) is 5.92 Å². The van der Waals surface area contributed by atoms with Crippen LogP contribution in [-0.4, -0.2) is 49.1 Å². The summed E-state index contributed by atoms with van der Waals surface area (Å²) in [5, 5.41) is 0. The van der Waals surface area contributed by atoms with E-state index in [2.05, 4.69) is 0 Å². The lowest BCUT2D eigenvalue weighted by molar-refractivity contribution is -0.135. The zero-order valence-electron chi connectivity index (χ0n) is 13.0. The van der Waals surface area contributed by atoms with Crippen molar-refractivity contribution in [1.29, 1.82) is 0 Å². The molecule has 5 nitrogen and oxygen atoms in total. The molecule has 0 radical (unpaired) electrons. The van der Waals surface area contributed by atoms with Crippen LogP contribution in [-0.2, 0) is 14.6 Å². The second-order valence-electron chi connectivity index (χ2n) is 6.42. The van der Waals surface area contributed by atoms with Crippen molar-refractivity contribution in [2.45, 2.75) is 31.7 Å². The van der Waals surface area contributed by atoms with Crippen molar-refractivity contribution in [3.8, 4) is 0 Å². The van der Waals surface area contributed by atoms with Crippen LogP contribution < -0.4 is 0 Å². The van der Waals surface area contributed by atoms with E-state index in [1.165, 1.54) is 0 Å². The number of amides is 1. The fourth-order valence-electron chi connectivity index (χ4n) is 3.52. The second kappa shape index (κ2) is 6.43. The molecule has 1 aromatic carbocycles. The van der Waals surface area contributed by atoms with E-state index in [1.807, 2.05) is 18.2 Å². The monoisotopic (exact) mass is 335 g/mol. The lowest BCUT2D eigenvalue weighted by Crippen LogP contribution is -2.41. The van der Waals surface area contributed by atoms with E-state index in [0.717, 1.165) is 12.8 Å². The predicted molar refractivity (Wildman–Crippen MR) is 86.9 cm³/mol. The summed E-state index contributed by atoms with van der Waals surface area (Å²) in [5.41, 5.74) is 0.662. The number of ketones is 1. The van der Waals surface area contributed by atoms with Crippen molar-refractivity contribution in [3.63, 3.8) is 0 Å². The van der Waals surface area contributed by atoms with Crippen molar-refractivity contribution < 1.29 is 18.0 Å². The van der Waals surface area contributed by atoms with Crippen LogP contribution in [0.3, 0.4) is 0 Å². The molecular weight excluding hydrogens is 314 g/mol. The predicted octanol–water partition coefficient (Wildman–Crippen LogP) is 1.69. The van der Waals surface area contributed by atoms with E-state index in [-0.39, 0.29) is 29.2 Å². The van der Waals surface area contributed by atoms with Crippen LogP contribution in [0, 0.1) is 5.92 Å². The van der Waals surface area contributed by atoms with Gasteiger partial charge < -0.3 is 4.90 Å². The molecule has 0 bridgehead atoms. The normalized spacial score (nSPS) is 26.3. The van der Waals surface area contributed by atoms with E-state index >= 15 is 0 Å². The van der Waals surface area contributed by atoms with Gasteiger partial charge in [0, 0.05) is 24.6 Å². The molecule has 2 heterocycles. The Balaban J connectivity index is 1.66. The van der Waals surface area contributed by atoms with Crippen molar-refractivity contribution in [3.05, 3.63) is 35.9 Å². The molecule has 2 aliphatic heterocycles. The molecule has 2 aliphatic rings. The summed E-state index contributed by atoms with van der Waals surface area (Å²) in [6.07, 6.45) is 2.41. The van der Waals surface area contributed by atoms with Crippen LogP contribution in [0.25, 0.3) is 0 Å². The Morgan fingerprint density at radius 1 is 1.13 bits per heavy atom. The van der Waals surface area contributed by atoms with Gasteiger partial charge in [-0.15, -0.1) is 0 Å². The van der Waals surface area contributed by atoms with Crippen molar-refractivity contribution in [2.75, 3.05) is 18.1 Å². The average Bonchev–Trinajstić information content (AvgIpc) is 3.13. The maximum Gasteiger partial charge on any atom is 0.227 e. The van der Waals surface area contributed by atoms with Crippen molar-refractivity contribution in [1.82, 2.24) is 4.90 Å². The molecule has 0 aliphatic carbocycles. The number of carbonyl (C=O) groups excluding carboxylic acids is 2. The summed E-state index contributed by atoms with van der Waals surface area (Å²) in [6.45, 7) is 0.627. The summed E-state index contributed by atoms with van der Waals surface area (Å²) in [7, 11) is -3.07. The van der Waals surface area contributed by atoms with Gasteiger partial charge >= 0.3 is 0 Å². The zero-order valence-corrected chi connectivity index (χ0v) is 13.8. The molecule has 2 saturated heterocycles. The summed E-state index contributed by atoms with van der Waals surface area (Å²) in [4.78, 5) is 26.7. The fourth-order valence-corrected chi connectivity index (χ4v) is 5.25. The Bertz CT molecular complexity index is 699. The Morgan fingerprint density at radius 3 is 2.52 bits per heavy atom. The quantitative estimate of drug-likeness (QED) is 0.785. The number of sulfone groups is 1. The van der Waals surface area contributed by atoms with Gasteiger partial charge in [0.15, 0.2) is 15.6 Å². The van der Waals surface area contributed by atoms with Crippen LogP contribution in [0.15, 0.2) is 30.3 Å². The highest BCUT2D eigenvalue weighted by Gasteiger charge is 2.39. The third-order valence-corrected chi connectivity index (χ3v) is 6.53. The molecule has 1 amide bonds. The molecule has 23 heavy (non-hydrogen) atoms. The van der Waals surface area contributed by atoms with Gasteiger partial charge in [0.25, 0.3) is 0 Å². The number of rotatable bonds is 4. The first-order chi connectivity index (χ1) is 11.0. The molecule has 2 unspecified atom stereocenters. The summed E-state index contributed by atoms with van der Waals surface area (Å²) < 4.78 is 23.2. The number of hydrogen-bond acceptors (Lipinski definition) is 4. The minimum Gasteiger partial charge on any atom is -0.339 e. The number of Topliss-reactive ketones (excluding diaryl/α,β-unsaturated/α-hetero) is 1. The summed E-state index contributed by atoms with van der Waals surface area (Å²) >= 11 is 0. The van der Waals surface area contributed by atoms with E-state index in [0.29, 0.717) is 24.9 Å². The molecule has 0 spiro atoms. The maximum absolute atomic E-state index is 12.6. The molecule has 0 saturated carbocycles. The number of likely N-dealkylation sites (tertiary alicyclic amines) is 1. The first kappa shape index (κ1) is 16.2. The van der Waals surface area contributed by atoms with Crippen LogP contribution in [0.2, 0.25) is 0 Å². The lowest BCUT2D eigenvalue weighted by Gasteiger charge is -2.26. The molecule has 2 fully saturated rings. The number of nitrogens with zero attached hydrogens (tertiary/aromatic N) is 1. The number of hydrogen-bond donors (Lipinski definition) is 0. The highest BCUT2D eigenvalue weighted by Crippen LogP contribution is 2.27. The molecule has 2 atom stereocenters. The molecule has 1 aromatic rings. The van der Waals surface area contributed by atoms with Crippen molar-refractivity contribution >= 4 is 21.5 Å². The number of carbonyl (C=O) groups is 2. The highest BCUT2D eigenvalue weighted by atomic mass is 32.2. The van der Waals surface area contributed by atoms with Gasteiger partial charge in [0.05, 0.1) is 17.4 Å². The van der Waals surface area contributed by atoms with Gasteiger partial charge in [0.2, 0.25) is 5.91 Å². The van der Waals surface area contributed by atoms with Gasteiger partial charge in [-0.05, 0) is 19.3 Å². The standard InChI is InChI=1S/C17H21NO4S/c19-16(13-5-2-1-3-6-13)11-15-7-4-9-18(15)17(20)14-8-10-23(21,22)12-14/h1-3,5-6,14-15H,4,7-12H2. The SMILES string of the molecule is O=C(CC1CCCN1C(=O)C1CCS(=O)(=O)C1)c1ccccc1. The third-order valence-electron chi connectivity index (χ3n) is 4.76. The van der Waals surface area contributed by atoms with E-state index in [4.69, 9.17) is 0 Å². The second-order valence-corrected chi connectivity index (χ2v) is 8.65. The molecule has 6 heteroatoms. The van der Waals surface area contributed by atoms with Crippen LogP contribution in [0.4, 0.5) is 0 Å². The van der Waals surface area contributed by atoms with Gasteiger partial charge in [0.1, 0.15) is 0 Å². The van der Waals surface area contributed by atoms with E-state index in [1.54, 1.807) is 17.0 Å². The molecular formula is C17H21NO4S. The Morgan fingerprint density at radius 2 is 1.87 bits per heavy atom. The van der Waals surface area contributed by atoms with E-state index in [9.17, 15) is 18.0 Å². The average molecular weight is 335 g/mol. The summed E-state index contributed by atoms with van der Waals surface area (Å²) in [6, 6.07) is 8.99.